The predicted octanol–water partition coefficient (Wildman–Crippen LogP) is 1.35. The minimum absolute atomic E-state index is 0.268. The van der Waals surface area contributed by atoms with Gasteiger partial charge in [-0.2, -0.15) is 0 Å². The summed E-state index contributed by atoms with van der Waals surface area (Å²) in [5, 5.41) is 12.8. The lowest BCUT2D eigenvalue weighted by atomic mass is 10.3. The van der Waals surface area contributed by atoms with Crippen LogP contribution in [0.2, 0.25) is 0 Å². The summed E-state index contributed by atoms with van der Waals surface area (Å²) >= 11 is 0. The van der Waals surface area contributed by atoms with E-state index in [1.807, 2.05) is 6.07 Å². The van der Waals surface area contributed by atoms with Crippen molar-refractivity contribution in [1.29, 1.82) is 0 Å². The van der Waals surface area contributed by atoms with Crippen LogP contribution < -0.4 is 5.32 Å². The van der Waals surface area contributed by atoms with Crippen molar-refractivity contribution < 1.29 is 5.11 Å². The molecule has 0 saturated carbocycles. The minimum atomic E-state index is 0.268. The highest BCUT2D eigenvalue weighted by molar-refractivity contribution is 5.76. The molecule has 0 aliphatic heterocycles. The molecule has 0 aliphatic rings. The molecule has 0 atom stereocenters. The van der Waals surface area contributed by atoms with E-state index in [9.17, 15) is 5.11 Å². The second kappa shape index (κ2) is 6.54. The molecule has 1 aromatic heterocycles. The van der Waals surface area contributed by atoms with E-state index in [1.54, 1.807) is 12.1 Å². The number of phenolic OH excluding ortho intramolecular Hbond substituents is 1. The Hall–Kier alpha value is -1.59. The lowest BCUT2D eigenvalue weighted by molar-refractivity contribution is 0.395. The molecule has 0 saturated heterocycles. The number of aromatic nitrogens is 2. The van der Waals surface area contributed by atoms with Gasteiger partial charge < -0.3 is 20.3 Å². The Kier molecular flexibility index (Phi) is 4.76. The number of aromatic hydroxyl groups is 1. The van der Waals surface area contributed by atoms with Gasteiger partial charge in [-0.1, -0.05) is 0 Å². The normalized spacial score (nSPS) is 11.5. The predicted molar refractivity (Wildman–Crippen MR) is 77.5 cm³/mol. The van der Waals surface area contributed by atoms with Gasteiger partial charge in [-0.05, 0) is 45.7 Å². The third-order valence-electron chi connectivity index (χ3n) is 3.01. The second-order valence-electron chi connectivity index (χ2n) is 5.04. The number of H-pyrrole nitrogens is 1. The van der Waals surface area contributed by atoms with E-state index in [1.165, 1.54) is 0 Å². The first kappa shape index (κ1) is 13.8. The van der Waals surface area contributed by atoms with E-state index in [2.05, 4.69) is 34.3 Å². The van der Waals surface area contributed by atoms with Crippen LogP contribution in [0.1, 0.15) is 12.2 Å². The topological polar surface area (TPSA) is 64.2 Å². The fraction of sp³-hybridized carbons (Fsp3) is 0.500. The number of nitrogens with one attached hydrogen (secondary N) is 2. The Morgan fingerprint density at radius 3 is 2.95 bits per heavy atom. The molecule has 5 nitrogen and oxygen atoms in total. The van der Waals surface area contributed by atoms with E-state index in [4.69, 9.17) is 0 Å². The number of hydrogen-bond donors (Lipinski definition) is 3. The van der Waals surface area contributed by atoms with Crippen LogP contribution in [0, 0.1) is 0 Å². The molecule has 0 spiro atoms. The first-order valence-electron chi connectivity index (χ1n) is 6.68. The molecule has 2 aromatic rings. The van der Waals surface area contributed by atoms with Crippen molar-refractivity contribution >= 4 is 11.0 Å². The largest absolute Gasteiger partial charge is 0.508 e. The van der Waals surface area contributed by atoms with Crippen molar-refractivity contribution in [3.63, 3.8) is 0 Å². The smallest absolute Gasteiger partial charge is 0.117 e. The fourth-order valence-electron chi connectivity index (χ4n) is 2.02. The Morgan fingerprint density at radius 1 is 1.32 bits per heavy atom. The molecule has 0 aliphatic carbocycles. The van der Waals surface area contributed by atoms with Crippen LogP contribution in [0.5, 0.6) is 5.75 Å². The van der Waals surface area contributed by atoms with Crippen molar-refractivity contribution in [2.45, 2.75) is 12.8 Å². The zero-order valence-corrected chi connectivity index (χ0v) is 11.6. The fourth-order valence-corrected chi connectivity index (χ4v) is 2.02. The molecule has 0 bridgehead atoms. The van der Waals surface area contributed by atoms with Crippen molar-refractivity contribution in [1.82, 2.24) is 20.2 Å². The summed E-state index contributed by atoms with van der Waals surface area (Å²) in [4.78, 5) is 9.90. The maximum absolute atomic E-state index is 9.39. The van der Waals surface area contributed by atoms with E-state index in [0.29, 0.717) is 0 Å². The molecule has 0 radical (unpaired) electrons. The lowest BCUT2D eigenvalue weighted by Gasteiger charge is -2.09. The Labute approximate surface area is 113 Å². The quantitative estimate of drug-likeness (QED) is 0.659. The second-order valence-corrected chi connectivity index (χ2v) is 5.04. The SMILES string of the molecule is CN(C)CCCNCCc1nc2ccc(O)cc2[nH]1. The molecule has 2 rings (SSSR count). The van der Waals surface area contributed by atoms with Gasteiger partial charge in [-0.15, -0.1) is 0 Å². The third-order valence-corrected chi connectivity index (χ3v) is 3.01. The summed E-state index contributed by atoms with van der Waals surface area (Å²) in [7, 11) is 4.17. The number of benzene rings is 1. The molecular weight excluding hydrogens is 240 g/mol. The van der Waals surface area contributed by atoms with Gasteiger partial charge in [0.1, 0.15) is 11.6 Å². The molecule has 0 fully saturated rings. The third kappa shape index (κ3) is 4.22. The number of imidazole rings is 1. The van der Waals surface area contributed by atoms with Crippen LogP contribution in [0.15, 0.2) is 18.2 Å². The van der Waals surface area contributed by atoms with Crippen molar-refractivity contribution in [2.24, 2.45) is 0 Å². The van der Waals surface area contributed by atoms with Crippen molar-refractivity contribution in [3.05, 3.63) is 24.0 Å². The minimum Gasteiger partial charge on any atom is -0.508 e. The van der Waals surface area contributed by atoms with E-state index >= 15 is 0 Å². The average Bonchev–Trinajstić information content (AvgIpc) is 2.75. The Bertz CT molecular complexity index is 521. The number of hydrogen-bond acceptors (Lipinski definition) is 4. The summed E-state index contributed by atoms with van der Waals surface area (Å²) in [6.45, 7) is 3.05. The molecule has 104 valence electrons. The van der Waals surface area contributed by atoms with Crippen LogP contribution in [0.25, 0.3) is 11.0 Å². The molecule has 0 unspecified atom stereocenters. The first-order valence-corrected chi connectivity index (χ1v) is 6.68. The number of nitrogens with zero attached hydrogens (tertiary/aromatic N) is 2. The summed E-state index contributed by atoms with van der Waals surface area (Å²) < 4.78 is 0. The number of phenols is 1. The van der Waals surface area contributed by atoms with Gasteiger partial charge in [0.2, 0.25) is 0 Å². The van der Waals surface area contributed by atoms with Crippen molar-refractivity contribution in [2.75, 3.05) is 33.7 Å². The maximum Gasteiger partial charge on any atom is 0.117 e. The van der Waals surface area contributed by atoms with E-state index < -0.39 is 0 Å². The highest BCUT2D eigenvalue weighted by Crippen LogP contribution is 2.17. The van der Waals surface area contributed by atoms with Crippen LogP contribution in [-0.4, -0.2) is 53.7 Å². The maximum atomic E-state index is 9.39. The molecule has 3 N–H and O–H groups in total. The number of aromatic amines is 1. The zero-order chi connectivity index (χ0) is 13.7. The van der Waals surface area contributed by atoms with Gasteiger partial charge in [-0.25, -0.2) is 4.98 Å². The van der Waals surface area contributed by atoms with E-state index in [0.717, 1.165) is 49.3 Å². The van der Waals surface area contributed by atoms with Gasteiger partial charge in [0, 0.05) is 19.0 Å². The number of rotatable bonds is 7. The van der Waals surface area contributed by atoms with Crippen LogP contribution in [-0.2, 0) is 6.42 Å². The molecule has 19 heavy (non-hydrogen) atoms. The average molecular weight is 262 g/mol. The highest BCUT2D eigenvalue weighted by Gasteiger charge is 2.03. The first-order chi connectivity index (χ1) is 9.15. The van der Waals surface area contributed by atoms with Gasteiger partial charge in [-0.3, -0.25) is 0 Å². The molecule has 1 heterocycles. The van der Waals surface area contributed by atoms with Gasteiger partial charge in [0.25, 0.3) is 0 Å². The van der Waals surface area contributed by atoms with Crippen LogP contribution in [0.3, 0.4) is 0 Å². The van der Waals surface area contributed by atoms with Gasteiger partial charge >= 0.3 is 0 Å². The number of fused-ring (bicyclic) bond motifs is 1. The highest BCUT2D eigenvalue weighted by atomic mass is 16.3. The summed E-state index contributed by atoms with van der Waals surface area (Å²) in [6, 6.07) is 5.19. The monoisotopic (exact) mass is 262 g/mol. The molecule has 0 amide bonds. The van der Waals surface area contributed by atoms with E-state index in [-0.39, 0.29) is 5.75 Å². The zero-order valence-electron chi connectivity index (χ0n) is 11.6. The molecule has 5 heteroatoms. The van der Waals surface area contributed by atoms with Crippen LogP contribution in [0.4, 0.5) is 0 Å². The lowest BCUT2D eigenvalue weighted by Crippen LogP contribution is -2.23. The standard InChI is InChI=1S/C14H22N4O/c1-18(2)9-3-7-15-8-6-14-16-12-5-4-11(19)10-13(12)17-14/h4-5,10,15,19H,3,6-9H2,1-2H3,(H,16,17). The summed E-state index contributed by atoms with van der Waals surface area (Å²) in [5.74, 6) is 1.23. The summed E-state index contributed by atoms with van der Waals surface area (Å²) in [5.41, 5.74) is 1.79. The van der Waals surface area contributed by atoms with Gasteiger partial charge in [0.05, 0.1) is 11.0 Å². The Balaban J connectivity index is 1.75. The molecule has 1 aromatic carbocycles. The van der Waals surface area contributed by atoms with Crippen LogP contribution >= 0.6 is 0 Å². The Morgan fingerprint density at radius 2 is 2.16 bits per heavy atom. The van der Waals surface area contributed by atoms with Crippen molar-refractivity contribution in [3.8, 4) is 5.75 Å². The summed E-state index contributed by atoms with van der Waals surface area (Å²) in [6.07, 6.45) is 2.03. The molecular formula is C14H22N4O. The van der Waals surface area contributed by atoms with Gasteiger partial charge in [0.15, 0.2) is 0 Å².